The smallest absolute Gasteiger partial charge is 0.253 e. The van der Waals surface area contributed by atoms with Crippen molar-refractivity contribution in [3.63, 3.8) is 0 Å². The Hall–Kier alpha value is -2.62. The average molecular weight is 296 g/mol. The third-order valence-corrected chi connectivity index (χ3v) is 3.64. The number of hydrogen-bond donors (Lipinski definition) is 1. The number of carbonyl (C=O) groups excluding carboxylic acids is 2. The predicted molar refractivity (Wildman–Crippen MR) is 86.3 cm³/mol. The first-order valence-corrected chi connectivity index (χ1v) is 7.22. The van der Waals surface area contributed by atoms with Crippen LogP contribution >= 0.6 is 0 Å². The van der Waals surface area contributed by atoms with Gasteiger partial charge in [-0.25, -0.2) is 0 Å². The summed E-state index contributed by atoms with van der Waals surface area (Å²) in [5.74, 6) is -0.517. The molecule has 0 saturated heterocycles. The highest BCUT2D eigenvalue weighted by atomic mass is 16.2. The fraction of sp³-hybridized carbons (Fsp3) is 0.222. The van der Waals surface area contributed by atoms with Crippen molar-refractivity contribution in [2.75, 3.05) is 7.05 Å². The quantitative estimate of drug-likeness (QED) is 0.888. The number of benzene rings is 2. The van der Waals surface area contributed by atoms with Crippen molar-refractivity contribution in [3.05, 3.63) is 71.8 Å². The van der Waals surface area contributed by atoms with Crippen LogP contribution in [0, 0.1) is 0 Å². The molecular formula is C18H20N2O2. The molecule has 0 unspecified atom stereocenters. The van der Waals surface area contributed by atoms with Gasteiger partial charge in [0.15, 0.2) is 0 Å². The lowest BCUT2D eigenvalue weighted by molar-refractivity contribution is -0.118. The zero-order valence-electron chi connectivity index (χ0n) is 12.6. The van der Waals surface area contributed by atoms with Gasteiger partial charge in [-0.15, -0.1) is 0 Å². The molecular weight excluding hydrogens is 276 g/mol. The Balaban J connectivity index is 2.17. The van der Waals surface area contributed by atoms with Gasteiger partial charge in [0, 0.05) is 25.1 Å². The average Bonchev–Trinajstić information content (AvgIpc) is 2.54. The predicted octanol–water partition coefficient (Wildman–Crippen LogP) is 2.25. The molecule has 0 aliphatic rings. The first kappa shape index (κ1) is 15.8. The first-order valence-electron chi connectivity index (χ1n) is 7.22. The zero-order chi connectivity index (χ0) is 15.9. The van der Waals surface area contributed by atoms with Gasteiger partial charge in [-0.1, -0.05) is 48.5 Å². The van der Waals surface area contributed by atoms with Crippen LogP contribution in [-0.2, 0) is 11.2 Å². The van der Waals surface area contributed by atoms with Crippen LogP contribution in [-0.4, -0.2) is 29.8 Å². The highest BCUT2D eigenvalue weighted by molar-refractivity contribution is 5.94. The van der Waals surface area contributed by atoms with Gasteiger partial charge < -0.3 is 10.6 Å². The van der Waals surface area contributed by atoms with Gasteiger partial charge in [0.2, 0.25) is 5.91 Å². The number of likely N-dealkylation sites (N-methyl/N-ethyl adjacent to an activating group) is 1. The molecule has 4 heteroatoms. The Kier molecular flexibility index (Phi) is 5.31. The molecule has 2 aromatic carbocycles. The van der Waals surface area contributed by atoms with E-state index < -0.39 is 5.91 Å². The van der Waals surface area contributed by atoms with Crippen molar-refractivity contribution in [2.45, 2.75) is 18.9 Å². The van der Waals surface area contributed by atoms with E-state index in [1.807, 2.05) is 48.5 Å². The van der Waals surface area contributed by atoms with Crippen LogP contribution in [0.2, 0.25) is 0 Å². The molecule has 0 fully saturated rings. The van der Waals surface area contributed by atoms with Crippen LogP contribution < -0.4 is 5.73 Å². The second kappa shape index (κ2) is 7.41. The maximum Gasteiger partial charge on any atom is 0.253 e. The van der Waals surface area contributed by atoms with Crippen LogP contribution in [0.3, 0.4) is 0 Å². The van der Waals surface area contributed by atoms with Gasteiger partial charge >= 0.3 is 0 Å². The lowest BCUT2D eigenvalue weighted by Gasteiger charge is -2.27. The summed E-state index contributed by atoms with van der Waals surface area (Å²) in [5, 5.41) is 0. The molecule has 0 radical (unpaired) electrons. The highest BCUT2D eigenvalue weighted by Gasteiger charge is 2.23. The van der Waals surface area contributed by atoms with Gasteiger partial charge in [0.05, 0.1) is 0 Å². The van der Waals surface area contributed by atoms with Gasteiger partial charge in [-0.3, -0.25) is 9.59 Å². The summed E-state index contributed by atoms with van der Waals surface area (Å²) in [5.41, 5.74) is 7.02. The monoisotopic (exact) mass is 296 g/mol. The largest absolute Gasteiger partial charge is 0.370 e. The molecule has 0 heterocycles. The van der Waals surface area contributed by atoms with Gasteiger partial charge in [0.25, 0.3) is 5.91 Å². The molecule has 2 N–H and O–H groups in total. The van der Waals surface area contributed by atoms with Crippen LogP contribution in [0.25, 0.3) is 0 Å². The number of amides is 2. The summed E-state index contributed by atoms with van der Waals surface area (Å²) in [7, 11) is 1.71. The molecule has 1 atom stereocenters. The summed E-state index contributed by atoms with van der Waals surface area (Å²) >= 11 is 0. The minimum atomic E-state index is -0.409. The van der Waals surface area contributed by atoms with Gasteiger partial charge in [0.1, 0.15) is 0 Å². The molecule has 22 heavy (non-hydrogen) atoms. The van der Waals surface area contributed by atoms with Crippen molar-refractivity contribution >= 4 is 11.8 Å². The SMILES string of the molecule is CN(C(=O)c1ccccc1)[C@@H](CC(N)=O)Cc1ccccc1. The molecule has 0 aromatic heterocycles. The number of nitrogens with zero attached hydrogens (tertiary/aromatic N) is 1. The van der Waals surface area contributed by atoms with E-state index >= 15 is 0 Å². The van der Waals surface area contributed by atoms with Crippen molar-refractivity contribution in [3.8, 4) is 0 Å². The fourth-order valence-corrected chi connectivity index (χ4v) is 2.41. The minimum Gasteiger partial charge on any atom is -0.370 e. The molecule has 4 nitrogen and oxygen atoms in total. The third-order valence-electron chi connectivity index (χ3n) is 3.64. The second-order valence-electron chi connectivity index (χ2n) is 5.30. The fourth-order valence-electron chi connectivity index (χ4n) is 2.41. The number of nitrogens with two attached hydrogens (primary N) is 1. The van der Waals surface area contributed by atoms with Crippen molar-refractivity contribution in [1.82, 2.24) is 4.90 Å². The second-order valence-corrected chi connectivity index (χ2v) is 5.30. The zero-order valence-corrected chi connectivity index (χ0v) is 12.6. The molecule has 0 bridgehead atoms. The van der Waals surface area contributed by atoms with Crippen molar-refractivity contribution in [2.24, 2.45) is 5.73 Å². The van der Waals surface area contributed by atoms with Crippen LogP contribution in [0.1, 0.15) is 22.3 Å². The molecule has 114 valence electrons. The van der Waals surface area contributed by atoms with Gasteiger partial charge in [-0.05, 0) is 24.1 Å². The Bertz CT molecular complexity index is 626. The number of carbonyl (C=O) groups is 2. The molecule has 0 aliphatic carbocycles. The van der Waals surface area contributed by atoms with Crippen molar-refractivity contribution in [1.29, 1.82) is 0 Å². The van der Waals surface area contributed by atoms with Crippen LogP contribution in [0.15, 0.2) is 60.7 Å². The van der Waals surface area contributed by atoms with E-state index in [1.165, 1.54) is 0 Å². The summed E-state index contributed by atoms with van der Waals surface area (Å²) in [4.78, 5) is 25.5. The molecule has 0 spiro atoms. The van der Waals surface area contributed by atoms with E-state index in [4.69, 9.17) is 5.73 Å². The standard InChI is InChI=1S/C18H20N2O2/c1-20(18(22)15-10-6-3-7-11-15)16(13-17(19)21)12-14-8-4-2-5-9-14/h2-11,16H,12-13H2,1H3,(H2,19,21)/t16-/m1/s1. The Morgan fingerprint density at radius 3 is 2.09 bits per heavy atom. The highest BCUT2D eigenvalue weighted by Crippen LogP contribution is 2.14. The maximum absolute atomic E-state index is 12.5. The van der Waals surface area contributed by atoms with E-state index in [0.717, 1.165) is 5.56 Å². The lowest BCUT2D eigenvalue weighted by atomic mass is 10.0. The Morgan fingerprint density at radius 1 is 1.00 bits per heavy atom. The number of rotatable bonds is 6. The lowest BCUT2D eigenvalue weighted by Crippen LogP contribution is -2.41. The number of primary amides is 1. The molecule has 2 amide bonds. The Morgan fingerprint density at radius 2 is 1.55 bits per heavy atom. The first-order chi connectivity index (χ1) is 10.6. The molecule has 2 rings (SSSR count). The van der Waals surface area contributed by atoms with Gasteiger partial charge in [-0.2, -0.15) is 0 Å². The Labute approximate surface area is 130 Å². The maximum atomic E-state index is 12.5. The van der Waals surface area contributed by atoms with E-state index in [1.54, 1.807) is 24.1 Å². The molecule has 0 saturated carbocycles. The topological polar surface area (TPSA) is 63.4 Å². The normalized spacial score (nSPS) is 11.7. The van der Waals surface area contributed by atoms with Crippen LogP contribution in [0.5, 0.6) is 0 Å². The summed E-state index contributed by atoms with van der Waals surface area (Å²) in [6.45, 7) is 0. The summed E-state index contributed by atoms with van der Waals surface area (Å²) < 4.78 is 0. The van der Waals surface area contributed by atoms with E-state index in [0.29, 0.717) is 12.0 Å². The molecule has 2 aromatic rings. The summed E-state index contributed by atoms with van der Waals surface area (Å²) in [6, 6.07) is 18.6. The molecule has 0 aliphatic heterocycles. The van der Waals surface area contributed by atoms with E-state index in [9.17, 15) is 9.59 Å². The minimum absolute atomic E-state index is 0.109. The van der Waals surface area contributed by atoms with Crippen molar-refractivity contribution < 1.29 is 9.59 Å². The van der Waals surface area contributed by atoms with Crippen LogP contribution in [0.4, 0.5) is 0 Å². The van der Waals surface area contributed by atoms with E-state index in [2.05, 4.69) is 0 Å². The third kappa shape index (κ3) is 4.19. The van der Waals surface area contributed by atoms with E-state index in [-0.39, 0.29) is 18.4 Å². The number of hydrogen-bond acceptors (Lipinski definition) is 2. The summed E-state index contributed by atoms with van der Waals surface area (Å²) in [6.07, 6.45) is 0.739.